The molecular weight excluding hydrogens is 362 g/mol. The minimum Gasteiger partial charge on any atom is -0.477 e. The van der Waals surface area contributed by atoms with Gasteiger partial charge in [-0.1, -0.05) is 6.07 Å². The van der Waals surface area contributed by atoms with Crippen molar-refractivity contribution in [2.45, 2.75) is 19.3 Å². The molecule has 8 nitrogen and oxygen atoms in total. The molecule has 0 aliphatic carbocycles. The number of fused-ring (bicyclic) bond motifs is 1. The van der Waals surface area contributed by atoms with E-state index in [1.807, 2.05) is 18.2 Å². The van der Waals surface area contributed by atoms with Crippen LogP contribution in [0.4, 0.5) is 0 Å². The van der Waals surface area contributed by atoms with E-state index in [0.717, 1.165) is 12.0 Å². The normalized spacial score (nSPS) is 10.8. The maximum absolute atomic E-state index is 12.5. The zero-order chi connectivity index (χ0) is 20.5. The number of ether oxygens (including phenoxy) is 2. The number of carboxylic acid groups (broad SMARTS) is 1. The number of pyridine rings is 1. The van der Waals surface area contributed by atoms with Crippen molar-refractivity contribution in [1.82, 2.24) is 4.68 Å². The third-order valence-electron chi connectivity index (χ3n) is 4.19. The monoisotopic (exact) mass is 387 g/mol. The van der Waals surface area contributed by atoms with Gasteiger partial charge in [0.2, 0.25) is 5.43 Å². The SMILES string of the molecule is CN(C)n1cc(C(=O)O)c(=O)c2cc(CCCOCCOCCC#N)ccc21. The van der Waals surface area contributed by atoms with E-state index in [0.29, 0.717) is 50.2 Å². The second-order valence-electron chi connectivity index (χ2n) is 6.46. The van der Waals surface area contributed by atoms with E-state index < -0.39 is 11.4 Å². The number of hydrogen-bond donors (Lipinski definition) is 1. The number of carbonyl (C=O) groups is 1. The molecule has 1 aromatic carbocycles. The molecule has 0 saturated carbocycles. The molecule has 0 fully saturated rings. The van der Waals surface area contributed by atoms with Crippen molar-refractivity contribution in [3.63, 3.8) is 0 Å². The molecule has 0 saturated heterocycles. The van der Waals surface area contributed by atoms with Crippen molar-refractivity contribution < 1.29 is 19.4 Å². The van der Waals surface area contributed by atoms with Gasteiger partial charge in [0.15, 0.2) is 0 Å². The van der Waals surface area contributed by atoms with Crippen molar-refractivity contribution in [3.8, 4) is 6.07 Å². The molecule has 0 spiro atoms. The highest BCUT2D eigenvalue weighted by Crippen LogP contribution is 2.16. The lowest BCUT2D eigenvalue weighted by Gasteiger charge is -2.20. The molecular formula is C20H25N3O5. The molecule has 2 aromatic rings. The number of benzene rings is 1. The van der Waals surface area contributed by atoms with Crippen LogP contribution in [0.1, 0.15) is 28.8 Å². The Balaban J connectivity index is 2.01. The number of rotatable bonds is 11. The van der Waals surface area contributed by atoms with E-state index >= 15 is 0 Å². The summed E-state index contributed by atoms with van der Waals surface area (Å²) in [5, 5.41) is 19.8. The smallest absolute Gasteiger partial charge is 0.341 e. The maximum Gasteiger partial charge on any atom is 0.341 e. The van der Waals surface area contributed by atoms with E-state index in [9.17, 15) is 14.7 Å². The zero-order valence-corrected chi connectivity index (χ0v) is 16.2. The molecule has 0 radical (unpaired) electrons. The first-order valence-electron chi connectivity index (χ1n) is 9.07. The number of aromatic nitrogens is 1. The largest absolute Gasteiger partial charge is 0.477 e. The highest BCUT2D eigenvalue weighted by Gasteiger charge is 2.15. The molecule has 0 bridgehead atoms. The Morgan fingerprint density at radius 1 is 1.21 bits per heavy atom. The molecule has 0 atom stereocenters. The summed E-state index contributed by atoms with van der Waals surface area (Å²) in [4.78, 5) is 24.0. The fraction of sp³-hybridized carbons (Fsp3) is 0.450. The third-order valence-corrected chi connectivity index (χ3v) is 4.19. The fourth-order valence-electron chi connectivity index (χ4n) is 2.82. The molecule has 0 amide bonds. The topological polar surface area (TPSA) is 105 Å². The van der Waals surface area contributed by atoms with Gasteiger partial charge in [-0.25, -0.2) is 4.79 Å². The third kappa shape index (κ3) is 5.55. The van der Waals surface area contributed by atoms with Gasteiger partial charge in [-0.2, -0.15) is 5.26 Å². The summed E-state index contributed by atoms with van der Waals surface area (Å²) < 4.78 is 12.4. The Bertz CT molecular complexity index is 914. The predicted octanol–water partition coefficient (Wildman–Crippen LogP) is 1.78. The van der Waals surface area contributed by atoms with Gasteiger partial charge in [-0.15, -0.1) is 0 Å². The van der Waals surface area contributed by atoms with Gasteiger partial charge >= 0.3 is 5.97 Å². The summed E-state index contributed by atoms with van der Waals surface area (Å²) in [5.74, 6) is -1.24. The van der Waals surface area contributed by atoms with E-state index in [1.165, 1.54) is 6.20 Å². The maximum atomic E-state index is 12.5. The second-order valence-corrected chi connectivity index (χ2v) is 6.46. The Hall–Kier alpha value is -2.89. The van der Waals surface area contributed by atoms with Gasteiger partial charge in [0, 0.05) is 32.3 Å². The second kappa shape index (κ2) is 10.4. The number of nitriles is 1. The number of carboxylic acids is 1. The lowest BCUT2D eigenvalue weighted by molar-refractivity contribution is 0.0490. The van der Waals surface area contributed by atoms with E-state index in [2.05, 4.69) is 0 Å². The molecule has 1 N–H and O–H groups in total. The van der Waals surface area contributed by atoms with Gasteiger partial charge in [0.25, 0.3) is 0 Å². The highest BCUT2D eigenvalue weighted by molar-refractivity contribution is 5.92. The minimum atomic E-state index is -1.24. The fourth-order valence-corrected chi connectivity index (χ4v) is 2.82. The lowest BCUT2D eigenvalue weighted by atomic mass is 10.0. The summed E-state index contributed by atoms with van der Waals surface area (Å²) in [7, 11) is 3.57. The summed E-state index contributed by atoms with van der Waals surface area (Å²) in [6.45, 7) is 1.90. The molecule has 1 heterocycles. The average Bonchev–Trinajstić information content (AvgIpc) is 2.66. The first-order valence-corrected chi connectivity index (χ1v) is 9.07. The molecule has 0 unspecified atom stereocenters. The molecule has 28 heavy (non-hydrogen) atoms. The molecule has 1 aromatic heterocycles. The van der Waals surface area contributed by atoms with Gasteiger partial charge < -0.3 is 19.6 Å². The van der Waals surface area contributed by atoms with Gasteiger partial charge in [0.05, 0.1) is 37.8 Å². The van der Waals surface area contributed by atoms with Crippen LogP contribution in [0.3, 0.4) is 0 Å². The summed E-state index contributed by atoms with van der Waals surface area (Å²) in [6.07, 6.45) is 3.20. The highest BCUT2D eigenvalue weighted by atomic mass is 16.5. The van der Waals surface area contributed by atoms with Crippen molar-refractivity contribution >= 4 is 16.9 Å². The van der Waals surface area contributed by atoms with E-state index in [-0.39, 0.29) is 5.56 Å². The Morgan fingerprint density at radius 2 is 1.93 bits per heavy atom. The predicted molar refractivity (Wildman–Crippen MR) is 105 cm³/mol. The van der Waals surface area contributed by atoms with Gasteiger partial charge in [-0.3, -0.25) is 9.47 Å². The van der Waals surface area contributed by atoms with Gasteiger partial charge in [-0.05, 0) is 30.5 Å². The van der Waals surface area contributed by atoms with Crippen LogP contribution < -0.4 is 10.4 Å². The molecule has 8 heteroatoms. The summed E-state index contributed by atoms with van der Waals surface area (Å²) in [5.41, 5.74) is 0.882. The molecule has 150 valence electrons. The Morgan fingerprint density at radius 3 is 2.57 bits per heavy atom. The average molecular weight is 387 g/mol. The van der Waals surface area contributed by atoms with Crippen molar-refractivity contribution in [3.05, 3.63) is 45.7 Å². The van der Waals surface area contributed by atoms with Crippen LogP contribution in [0.5, 0.6) is 0 Å². The van der Waals surface area contributed by atoms with Crippen LogP contribution in [0.25, 0.3) is 10.9 Å². The van der Waals surface area contributed by atoms with E-state index in [4.69, 9.17) is 14.7 Å². The quantitative estimate of drug-likeness (QED) is 0.586. The van der Waals surface area contributed by atoms with Crippen LogP contribution in [-0.2, 0) is 15.9 Å². The minimum absolute atomic E-state index is 0.252. The van der Waals surface area contributed by atoms with Crippen LogP contribution >= 0.6 is 0 Å². The molecule has 2 rings (SSSR count). The summed E-state index contributed by atoms with van der Waals surface area (Å²) >= 11 is 0. The van der Waals surface area contributed by atoms with Crippen LogP contribution in [0.15, 0.2) is 29.2 Å². The van der Waals surface area contributed by atoms with Crippen LogP contribution in [0.2, 0.25) is 0 Å². The molecule has 0 aliphatic heterocycles. The van der Waals surface area contributed by atoms with E-state index in [1.54, 1.807) is 29.8 Å². The number of aryl methyl sites for hydroxylation is 1. The van der Waals surface area contributed by atoms with Crippen LogP contribution in [0, 0.1) is 11.3 Å². The van der Waals surface area contributed by atoms with Crippen molar-refractivity contribution in [2.24, 2.45) is 0 Å². The number of aromatic carboxylic acids is 1. The van der Waals surface area contributed by atoms with Gasteiger partial charge in [0.1, 0.15) is 5.56 Å². The first-order chi connectivity index (χ1) is 13.5. The Labute approximate surface area is 163 Å². The summed E-state index contributed by atoms with van der Waals surface area (Å²) in [6, 6.07) is 7.54. The van der Waals surface area contributed by atoms with Crippen LogP contribution in [-0.4, -0.2) is 56.3 Å². The number of nitrogens with zero attached hydrogens (tertiary/aromatic N) is 3. The molecule has 0 aliphatic rings. The van der Waals surface area contributed by atoms with Crippen molar-refractivity contribution in [1.29, 1.82) is 5.26 Å². The first kappa shape index (κ1) is 21.4. The Kier molecular flexibility index (Phi) is 7.99. The number of hydrogen-bond acceptors (Lipinski definition) is 6. The zero-order valence-electron chi connectivity index (χ0n) is 16.2. The standard InChI is InChI=1S/C20H25N3O5/c1-22(2)23-14-17(20(25)26)19(24)16-13-15(6-7-18(16)23)5-3-9-27-11-12-28-10-4-8-21/h6-7,13-14H,3-5,9-12H2,1-2H3,(H,25,26). The van der Waals surface area contributed by atoms with Crippen molar-refractivity contribution in [2.75, 3.05) is 45.5 Å². The lowest BCUT2D eigenvalue weighted by Crippen LogP contribution is -2.29.